The van der Waals surface area contributed by atoms with Gasteiger partial charge < -0.3 is 10.2 Å². The van der Waals surface area contributed by atoms with E-state index in [1.807, 2.05) is 36.4 Å². The average Bonchev–Trinajstić information content (AvgIpc) is 3.16. The average molecular weight is 374 g/mol. The summed E-state index contributed by atoms with van der Waals surface area (Å²) in [6.07, 6.45) is 0.730. The van der Waals surface area contributed by atoms with E-state index in [4.69, 9.17) is 0 Å². The van der Waals surface area contributed by atoms with E-state index in [0.717, 1.165) is 23.2 Å². The van der Waals surface area contributed by atoms with Gasteiger partial charge in [0.2, 0.25) is 0 Å². The van der Waals surface area contributed by atoms with Crippen LogP contribution in [0.3, 0.4) is 0 Å². The fourth-order valence-electron chi connectivity index (χ4n) is 3.36. The molecule has 0 radical (unpaired) electrons. The van der Waals surface area contributed by atoms with Crippen molar-refractivity contribution in [2.75, 3.05) is 11.4 Å². The van der Waals surface area contributed by atoms with Gasteiger partial charge in [-0.3, -0.25) is 9.59 Å². The smallest absolute Gasteiger partial charge is 0.258 e. The van der Waals surface area contributed by atoms with E-state index in [1.54, 1.807) is 17.0 Å². The minimum Gasteiger partial charge on any atom is -0.348 e. The first-order valence-electron chi connectivity index (χ1n) is 9.14. The molecule has 1 aliphatic rings. The van der Waals surface area contributed by atoms with Crippen LogP contribution in [0.1, 0.15) is 31.8 Å². The van der Waals surface area contributed by atoms with Crippen LogP contribution in [-0.4, -0.2) is 18.4 Å². The Morgan fingerprint density at radius 1 is 0.929 bits per heavy atom. The molecule has 0 unspecified atom stereocenters. The van der Waals surface area contributed by atoms with Gasteiger partial charge in [0.05, 0.1) is 0 Å². The van der Waals surface area contributed by atoms with E-state index in [2.05, 4.69) is 5.32 Å². The number of hydrogen-bond acceptors (Lipinski definition) is 2. The lowest BCUT2D eigenvalue weighted by Gasteiger charge is -2.18. The molecular weight excluding hydrogens is 355 g/mol. The lowest BCUT2D eigenvalue weighted by molar-refractivity contribution is 0.0948. The minimum atomic E-state index is -0.379. The predicted octanol–water partition coefficient (Wildman–Crippen LogP) is 3.96. The van der Waals surface area contributed by atoms with E-state index in [-0.39, 0.29) is 17.6 Å². The van der Waals surface area contributed by atoms with Gasteiger partial charge in [0.15, 0.2) is 0 Å². The summed E-state index contributed by atoms with van der Waals surface area (Å²) in [4.78, 5) is 27.0. The summed E-state index contributed by atoms with van der Waals surface area (Å²) >= 11 is 0. The molecule has 140 valence electrons. The van der Waals surface area contributed by atoms with Crippen molar-refractivity contribution < 1.29 is 14.0 Å². The molecule has 4 rings (SSSR count). The molecule has 5 heteroatoms. The highest BCUT2D eigenvalue weighted by Crippen LogP contribution is 2.30. The Labute approximate surface area is 162 Å². The third-order valence-corrected chi connectivity index (χ3v) is 4.88. The quantitative estimate of drug-likeness (QED) is 0.752. The monoisotopic (exact) mass is 374 g/mol. The number of amides is 2. The Balaban J connectivity index is 1.52. The number of nitrogens with zero attached hydrogens (tertiary/aromatic N) is 1. The maximum absolute atomic E-state index is 13.1. The summed E-state index contributed by atoms with van der Waals surface area (Å²) < 4.78 is 13.1. The van der Waals surface area contributed by atoms with Crippen molar-refractivity contribution in [3.8, 4) is 0 Å². The van der Waals surface area contributed by atoms with Gasteiger partial charge in [-0.2, -0.15) is 0 Å². The summed E-state index contributed by atoms with van der Waals surface area (Å²) in [6.45, 7) is 0.982. The predicted molar refractivity (Wildman–Crippen MR) is 106 cm³/mol. The van der Waals surface area contributed by atoms with Crippen molar-refractivity contribution in [3.63, 3.8) is 0 Å². The Morgan fingerprint density at radius 2 is 1.64 bits per heavy atom. The summed E-state index contributed by atoms with van der Waals surface area (Å²) in [7, 11) is 0. The number of hydrogen-bond donors (Lipinski definition) is 1. The van der Waals surface area contributed by atoms with Crippen molar-refractivity contribution in [2.45, 2.75) is 13.0 Å². The van der Waals surface area contributed by atoms with Crippen molar-refractivity contribution >= 4 is 17.5 Å². The molecule has 4 nitrogen and oxygen atoms in total. The third-order valence-electron chi connectivity index (χ3n) is 4.88. The molecule has 3 aromatic rings. The zero-order chi connectivity index (χ0) is 19.5. The second-order valence-electron chi connectivity index (χ2n) is 6.73. The van der Waals surface area contributed by atoms with Crippen molar-refractivity contribution in [1.82, 2.24) is 5.32 Å². The van der Waals surface area contributed by atoms with E-state index in [0.29, 0.717) is 24.2 Å². The van der Waals surface area contributed by atoms with Gasteiger partial charge in [0, 0.05) is 29.9 Å². The number of benzene rings is 3. The van der Waals surface area contributed by atoms with Crippen molar-refractivity contribution in [3.05, 3.63) is 101 Å². The molecule has 2 amide bonds. The molecule has 28 heavy (non-hydrogen) atoms. The second kappa shape index (κ2) is 7.64. The number of fused-ring (bicyclic) bond motifs is 1. The van der Waals surface area contributed by atoms with E-state index in [1.165, 1.54) is 24.3 Å². The van der Waals surface area contributed by atoms with Crippen LogP contribution in [0.25, 0.3) is 0 Å². The van der Waals surface area contributed by atoms with Gasteiger partial charge in [-0.25, -0.2) is 4.39 Å². The number of nitrogens with one attached hydrogen (secondary N) is 1. The van der Waals surface area contributed by atoms with E-state index in [9.17, 15) is 14.0 Å². The van der Waals surface area contributed by atoms with E-state index >= 15 is 0 Å². The number of rotatable bonds is 4. The molecule has 0 fully saturated rings. The van der Waals surface area contributed by atoms with Crippen LogP contribution < -0.4 is 10.2 Å². The molecule has 0 saturated carbocycles. The molecule has 1 heterocycles. The van der Waals surface area contributed by atoms with Gasteiger partial charge >= 0.3 is 0 Å². The Bertz CT molecular complexity index is 1020. The maximum Gasteiger partial charge on any atom is 0.258 e. The molecule has 0 atom stereocenters. The van der Waals surface area contributed by atoms with Gasteiger partial charge in [-0.1, -0.05) is 36.4 Å². The zero-order valence-electron chi connectivity index (χ0n) is 15.2. The van der Waals surface area contributed by atoms with Crippen LogP contribution in [0.2, 0.25) is 0 Å². The first kappa shape index (κ1) is 17.9. The summed E-state index contributed by atoms with van der Waals surface area (Å²) in [5.41, 5.74) is 3.71. The first-order valence-corrected chi connectivity index (χ1v) is 9.14. The van der Waals surface area contributed by atoms with Crippen LogP contribution in [0.5, 0.6) is 0 Å². The lowest BCUT2D eigenvalue weighted by atomic mass is 10.1. The molecule has 0 aromatic heterocycles. The number of halogens is 1. The Hall–Kier alpha value is -3.47. The highest BCUT2D eigenvalue weighted by Gasteiger charge is 2.26. The van der Waals surface area contributed by atoms with Gasteiger partial charge in [-0.15, -0.1) is 0 Å². The van der Waals surface area contributed by atoms with Gasteiger partial charge in [0.25, 0.3) is 11.8 Å². The van der Waals surface area contributed by atoms with Crippen LogP contribution in [0.4, 0.5) is 10.1 Å². The highest BCUT2D eigenvalue weighted by molar-refractivity contribution is 6.08. The topological polar surface area (TPSA) is 49.4 Å². The summed E-state index contributed by atoms with van der Waals surface area (Å²) in [5.74, 6) is -0.760. The van der Waals surface area contributed by atoms with Gasteiger partial charge in [-0.05, 0) is 53.9 Å². The third kappa shape index (κ3) is 3.64. The fraction of sp³-hybridized carbons (Fsp3) is 0.130. The number of carbonyl (C=O) groups excluding carboxylic acids is 2. The van der Waals surface area contributed by atoms with Crippen LogP contribution in [-0.2, 0) is 13.0 Å². The molecule has 1 aliphatic heterocycles. The minimum absolute atomic E-state index is 0.187. The maximum atomic E-state index is 13.1. The van der Waals surface area contributed by atoms with Crippen LogP contribution in [0, 0.1) is 5.82 Å². The van der Waals surface area contributed by atoms with Gasteiger partial charge in [0.1, 0.15) is 5.82 Å². The zero-order valence-corrected chi connectivity index (χ0v) is 15.2. The van der Waals surface area contributed by atoms with Crippen molar-refractivity contribution in [1.29, 1.82) is 0 Å². The molecule has 0 saturated heterocycles. The molecule has 3 aromatic carbocycles. The summed E-state index contributed by atoms with van der Waals surface area (Å²) in [5, 5.41) is 2.90. The molecule has 1 N–H and O–H groups in total. The molecule has 0 bridgehead atoms. The second-order valence-corrected chi connectivity index (χ2v) is 6.73. The normalized spacial score (nSPS) is 12.5. The fourth-order valence-corrected chi connectivity index (χ4v) is 3.36. The SMILES string of the molecule is O=C(NCc1ccccc1)c1ccc2c(c1)N(C(=O)c1ccc(F)cc1)CC2. The molecular formula is C23H19FN2O2. The molecule has 0 spiro atoms. The number of anilines is 1. The number of carbonyl (C=O) groups is 2. The standard InChI is InChI=1S/C23H19FN2O2/c24-20-10-8-18(9-11-20)23(28)26-13-12-17-6-7-19(14-21(17)26)22(27)25-15-16-4-2-1-3-5-16/h1-11,14H,12-13,15H2,(H,25,27). The Morgan fingerprint density at radius 3 is 2.39 bits per heavy atom. The molecule has 0 aliphatic carbocycles. The van der Waals surface area contributed by atoms with Crippen molar-refractivity contribution in [2.24, 2.45) is 0 Å². The largest absolute Gasteiger partial charge is 0.348 e. The van der Waals surface area contributed by atoms with Crippen LogP contribution in [0.15, 0.2) is 72.8 Å². The first-order chi connectivity index (χ1) is 13.6. The van der Waals surface area contributed by atoms with E-state index < -0.39 is 0 Å². The van der Waals surface area contributed by atoms with Crippen LogP contribution >= 0.6 is 0 Å². The Kier molecular flexibility index (Phi) is 4.89. The summed E-state index contributed by atoms with van der Waals surface area (Å²) in [6, 6.07) is 20.6. The lowest BCUT2D eigenvalue weighted by Crippen LogP contribution is -2.29. The highest BCUT2D eigenvalue weighted by atomic mass is 19.1.